The van der Waals surface area contributed by atoms with Gasteiger partial charge in [-0.3, -0.25) is 0 Å². The van der Waals surface area contributed by atoms with E-state index in [9.17, 15) is 0 Å². The molecule has 2 aromatic carbocycles. The molecule has 0 amide bonds. The first kappa shape index (κ1) is 12.4. The average molecular weight is 241 g/mol. The fourth-order valence-electron chi connectivity index (χ4n) is 1.80. The lowest BCUT2D eigenvalue weighted by Gasteiger charge is -2.14. The summed E-state index contributed by atoms with van der Waals surface area (Å²) in [5, 5.41) is 5.52. The second kappa shape index (κ2) is 4.69. The Balaban J connectivity index is 2.25. The second-order valence-corrected chi connectivity index (χ2v) is 5.35. The summed E-state index contributed by atoms with van der Waals surface area (Å²) in [6, 6.07) is 14.4. The van der Waals surface area contributed by atoms with Crippen LogP contribution in [-0.4, -0.2) is 11.5 Å². The highest BCUT2D eigenvalue weighted by atomic mass is 15.1. The molecule has 3 N–H and O–H groups in total. The van der Waals surface area contributed by atoms with Crippen LogP contribution < -0.4 is 11.1 Å². The standard InChI is InChI=1S/C15H19N3/c1-15(2,3)18-14(16)17-13-9-8-11-6-4-5-7-12(11)10-13/h4-10H,1-3H3,(H3,16,17,18). The number of hydrogen-bond acceptors (Lipinski definition) is 1. The number of rotatable bonds is 1. The molecule has 0 unspecified atom stereocenters. The van der Waals surface area contributed by atoms with Crippen molar-refractivity contribution in [2.45, 2.75) is 26.3 Å². The van der Waals surface area contributed by atoms with Gasteiger partial charge in [-0.2, -0.15) is 0 Å². The third-order valence-electron chi connectivity index (χ3n) is 2.48. The molecule has 0 radical (unpaired) electrons. The maximum Gasteiger partial charge on any atom is 0.193 e. The number of guanidine groups is 1. The first-order valence-corrected chi connectivity index (χ1v) is 6.05. The van der Waals surface area contributed by atoms with E-state index in [1.807, 2.05) is 39.0 Å². The summed E-state index contributed by atoms with van der Waals surface area (Å²) < 4.78 is 0. The maximum absolute atomic E-state index is 5.87. The van der Waals surface area contributed by atoms with Gasteiger partial charge in [0.15, 0.2) is 5.96 Å². The zero-order valence-corrected chi connectivity index (χ0v) is 11.1. The topological polar surface area (TPSA) is 50.4 Å². The fourth-order valence-corrected chi connectivity index (χ4v) is 1.80. The lowest BCUT2D eigenvalue weighted by molar-refractivity contribution is 0.583. The van der Waals surface area contributed by atoms with E-state index in [1.54, 1.807) is 0 Å². The van der Waals surface area contributed by atoms with Gasteiger partial charge in [-0.25, -0.2) is 4.99 Å². The molecular weight excluding hydrogens is 222 g/mol. The van der Waals surface area contributed by atoms with E-state index < -0.39 is 0 Å². The summed E-state index contributed by atoms with van der Waals surface area (Å²) in [6.07, 6.45) is 0. The molecule has 3 nitrogen and oxygen atoms in total. The Morgan fingerprint density at radius 2 is 1.72 bits per heavy atom. The molecule has 0 bridgehead atoms. The highest BCUT2D eigenvalue weighted by Crippen LogP contribution is 2.18. The van der Waals surface area contributed by atoms with Crippen molar-refractivity contribution in [1.29, 1.82) is 0 Å². The van der Waals surface area contributed by atoms with Crippen molar-refractivity contribution in [3.8, 4) is 0 Å². The number of nitrogens with zero attached hydrogens (tertiary/aromatic N) is 1. The van der Waals surface area contributed by atoms with E-state index in [1.165, 1.54) is 10.8 Å². The van der Waals surface area contributed by atoms with Crippen LogP contribution in [-0.2, 0) is 0 Å². The van der Waals surface area contributed by atoms with Gasteiger partial charge < -0.3 is 11.1 Å². The second-order valence-electron chi connectivity index (χ2n) is 5.35. The molecule has 0 aliphatic heterocycles. The van der Waals surface area contributed by atoms with Crippen molar-refractivity contribution in [2.75, 3.05) is 5.32 Å². The van der Waals surface area contributed by atoms with E-state index in [2.05, 4.69) is 34.6 Å². The number of nitrogens with one attached hydrogen (secondary N) is 1. The Morgan fingerprint density at radius 1 is 1.06 bits per heavy atom. The summed E-state index contributed by atoms with van der Waals surface area (Å²) >= 11 is 0. The van der Waals surface area contributed by atoms with Crippen LogP contribution in [0.2, 0.25) is 0 Å². The van der Waals surface area contributed by atoms with E-state index in [4.69, 9.17) is 5.73 Å². The van der Waals surface area contributed by atoms with Gasteiger partial charge in [0.2, 0.25) is 0 Å². The van der Waals surface area contributed by atoms with Crippen LogP contribution >= 0.6 is 0 Å². The molecule has 2 aromatic rings. The Bertz CT molecular complexity index is 580. The van der Waals surface area contributed by atoms with Crippen LogP contribution in [0.3, 0.4) is 0 Å². The molecular formula is C15H19N3. The van der Waals surface area contributed by atoms with Crippen LogP contribution in [0, 0.1) is 0 Å². The zero-order valence-electron chi connectivity index (χ0n) is 11.1. The van der Waals surface area contributed by atoms with Crippen LogP contribution in [0.4, 0.5) is 5.69 Å². The number of nitrogens with two attached hydrogens (primary N) is 1. The molecule has 0 aromatic heterocycles. The Labute approximate surface area is 108 Å². The molecule has 0 fully saturated rings. The lowest BCUT2D eigenvalue weighted by Crippen LogP contribution is -2.27. The minimum Gasteiger partial charge on any atom is -0.370 e. The summed E-state index contributed by atoms with van der Waals surface area (Å²) in [5.74, 6) is 0.442. The van der Waals surface area contributed by atoms with Crippen molar-refractivity contribution >= 4 is 22.4 Å². The van der Waals surface area contributed by atoms with Crippen molar-refractivity contribution < 1.29 is 0 Å². The minimum absolute atomic E-state index is 0.173. The van der Waals surface area contributed by atoms with Crippen LogP contribution in [0.1, 0.15) is 20.8 Å². The normalized spacial score (nSPS) is 12.7. The van der Waals surface area contributed by atoms with Gasteiger partial charge in [-0.05, 0) is 43.7 Å². The summed E-state index contributed by atoms with van der Waals surface area (Å²) in [4.78, 5) is 4.37. The van der Waals surface area contributed by atoms with E-state index >= 15 is 0 Å². The quantitative estimate of drug-likeness (QED) is 0.594. The van der Waals surface area contributed by atoms with Crippen LogP contribution in [0.15, 0.2) is 47.5 Å². The number of anilines is 1. The Kier molecular flexibility index (Phi) is 3.24. The van der Waals surface area contributed by atoms with E-state index in [0.29, 0.717) is 5.96 Å². The molecule has 0 heterocycles. The molecule has 0 spiro atoms. The number of hydrogen-bond donors (Lipinski definition) is 2. The molecule has 94 valence electrons. The van der Waals surface area contributed by atoms with Gasteiger partial charge >= 0.3 is 0 Å². The van der Waals surface area contributed by atoms with Gasteiger partial charge in [0.05, 0.1) is 5.54 Å². The number of aliphatic imine (C=N–C) groups is 1. The van der Waals surface area contributed by atoms with Crippen molar-refractivity contribution in [1.82, 2.24) is 0 Å². The summed E-state index contributed by atoms with van der Waals surface area (Å²) in [7, 11) is 0. The van der Waals surface area contributed by atoms with Crippen LogP contribution in [0.25, 0.3) is 10.8 Å². The predicted molar refractivity (Wildman–Crippen MR) is 78.9 cm³/mol. The minimum atomic E-state index is -0.173. The Morgan fingerprint density at radius 3 is 2.39 bits per heavy atom. The highest BCUT2D eigenvalue weighted by Gasteiger charge is 2.08. The predicted octanol–water partition coefficient (Wildman–Crippen LogP) is 3.36. The SMILES string of the molecule is CC(C)(C)N=C(N)Nc1ccc2ccccc2c1. The largest absolute Gasteiger partial charge is 0.370 e. The molecule has 2 rings (SSSR count). The molecule has 0 aliphatic carbocycles. The van der Waals surface area contributed by atoms with Crippen molar-refractivity contribution in [3.63, 3.8) is 0 Å². The summed E-state index contributed by atoms with van der Waals surface area (Å²) in [6.45, 7) is 6.05. The third-order valence-corrected chi connectivity index (χ3v) is 2.48. The van der Waals surface area contributed by atoms with Gasteiger partial charge in [-0.1, -0.05) is 30.3 Å². The third kappa shape index (κ3) is 3.23. The fraction of sp³-hybridized carbons (Fsp3) is 0.267. The first-order chi connectivity index (χ1) is 8.44. The maximum atomic E-state index is 5.87. The van der Waals surface area contributed by atoms with Gasteiger partial charge in [0.1, 0.15) is 0 Å². The monoisotopic (exact) mass is 241 g/mol. The molecule has 0 aliphatic rings. The lowest BCUT2D eigenvalue weighted by atomic mass is 10.1. The molecule has 18 heavy (non-hydrogen) atoms. The molecule has 0 atom stereocenters. The van der Waals surface area contributed by atoms with E-state index in [-0.39, 0.29) is 5.54 Å². The smallest absolute Gasteiger partial charge is 0.193 e. The van der Waals surface area contributed by atoms with E-state index in [0.717, 1.165) is 5.69 Å². The molecule has 3 heteroatoms. The van der Waals surface area contributed by atoms with Gasteiger partial charge in [0, 0.05) is 5.69 Å². The first-order valence-electron chi connectivity index (χ1n) is 6.05. The highest BCUT2D eigenvalue weighted by molar-refractivity contribution is 5.95. The number of fused-ring (bicyclic) bond motifs is 1. The number of benzene rings is 2. The van der Waals surface area contributed by atoms with Crippen LogP contribution in [0.5, 0.6) is 0 Å². The summed E-state index contributed by atoms with van der Waals surface area (Å²) in [5.41, 5.74) is 6.66. The zero-order chi connectivity index (χ0) is 13.2. The average Bonchev–Trinajstić information content (AvgIpc) is 2.26. The molecule has 0 saturated heterocycles. The van der Waals surface area contributed by atoms with Crippen molar-refractivity contribution in [3.05, 3.63) is 42.5 Å². The van der Waals surface area contributed by atoms with Gasteiger partial charge in [0.25, 0.3) is 0 Å². The van der Waals surface area contributed by atoms with Crippen molar-refractivity contribution in [2.24, 2.45) is 10.7 Å². The Hall–Kier alpha value is -2.03. The van der Waals surface area contributed by atoms with Gasteiger partial charge in [-0.15, -0.1) is 0 Å². The molecule has 0 saturated carbocycles.